The van der Waals surface area contributed by atoms with E-state index >= 15 is 0 Å². The first kappa shape index (κ1) is 13.0. The number of hydrogen-bond acceptors (Lipinski definition) is 4. The van der Waals surface area contributed by atoms with E-state index in [1.165, 1.54) is 6.92 Å². The van der Waals surface area contributed by atoms with Crippen LogP contribution in [0.15, 0.2) is 30.3 Å². The molecule has 90 valence electrons. The first-order valence-corrected chi connectivity index (χ1v) is 5.54. The quantitative estimate of drug-likeness (QED) is 0.704. The Labute approximate surface area is 101 Å². The van der Waals surface area contributed by atoms with Crippen molar-refractivity contribution in [2.75, 3.05) is 24.6 Å². The lowest BCUT2D eigenvalue weighted by molar-refractivity contribution is -0.140. The molecular formula is C13H16N2O2. The van der Waals surface area contributed by atoms with Crippen molar-refractivity contribution in [2.24, 2.45) is 0 Å². The largest absolute Gasteiger partial charge is 0.464 e. The highest BCUT2D eigenvalue weighted by atomic mass is 16.5. The zero-order chi connectivity index (χ0) is 12.5. The van der Waals surface area contributed by atoms with Gasteiger partial charge in [0, 0.05) is 19.2 Å². The number of anilines is 1. The molecule has 4 heteroatoms. The van der Waals surface area contributed by atoms with E-state index in [0.29, 0.717) is 26.1 Å². The molecule has 0 spiro atoms. The van der Waals surface area contributed by atoms with Crippen LogP contribution in [0.4, 0.5) is 5.69 Å². The van der Waals surface area contributed by atoms with Gasteiger partial charge in [-0.2, -0.15) is 5.26 Å². The molecule has 0 saturated carbocycles. The fraction of sp³-hybridized carbons (Fsp3) is 0.385. The molecule has 0 aliphatic rings. The van der Waals surface area contributed by atoms with Crippen LogP contribution < -0.4 is 4.90 Å². The van der Waals surface area contributed by atoms with Crippen molar-refractivity contribution >= 4 is 11.7 Å². The van der Waals surface area contributed by atoms with Crippen molar-refractivity contribution in [3.05, 3.63) is 30.3 Å². The Bertz CT molecular complexity index is 384. The molecule has 0 amide bonds. The molecule has 1 rings (SSSR count). The zero-order valence-electron chi connectivity index (χ0n) is 9.93. The molecule has 1 aromatic rings. The van der Waals surface area contributed by atoms with E-state index in [1.807, 2.05) is 35.2 Å². The Kier molecular flexibility index (Phi) is 5.59. The molecule has 0 unspecified atom stereocenters. The average Bonchev–Trinajstić information content (AvgIpc) is 2.34. The van der Waals surface area contributed by atoms with Gasteiger partial charge in [0.2, 0.25) is 0 Å². The topological polar surface area (TPSA) is 53.3 Å². The lowest BCUT2D eigenvalue weighted by Crippen LogP contribution is -2.28. The van der Waals surface area contributed by atoms with Gasteiger partial charge in [-0.05, 0) is 12.1 Å². The maximum atomic E-state index is 10.7. The van der Waals surface area contributed by atoms with Crippen LogP contribution in [0.5, 0.6) is 0 Å². The fourth-order valence-electron chi connectivity index (χ4n) is 1.49. The third-order valence-electron chi connectivity index (χ3n) is 2.28. The number of carbonyl (C=O) groups excluding carboxylic acids is 1. The second-order valence-corrected chi connectivity index (χ2v) is 3.57. The van der Waals surface area contributed by atoms with Crippen LogP contribution in [0.1, 0.15) is 13.3 Å². The highest BCUT2D eigenvalue weighted by Gasteiger charge is 2.06. The monoisotopic (exact) mass is 232 g/mol. The minimum Gasteiger partial charge on any atom is -0.464 e. The van der Waals surface area contributed by atoms with Crippen LogP contribution in [-0.4, -0.2) is 25.7 Å². The van der Waals surface area contributed by atoms with Gasteiger partial charge in [0.1, 0.15) is 6.61 Å². The van der Waals surface area contributed by atoms with E-state index in [0.717, 1.165) is 5.69 Å². The summed E-state index contributed by atoms with van der Waals surface area (Å²) in [5, 5.41) is 8.61. The van der Waals surface area contributed by atoms with Gasteiger partial charge in [0.15, 0.2) is 0 Å². The molecule has 4 nitrogen and oxygen atoms in total. The van der Waals surface area contributed by atoms with Crippen LogP contribution in [-0.2, 0) is 9.53 Å². The van der Waals surface area contributed by atoms with Gasteiger partial charge in [-0.3, -0.25) is 4.79 Å². The SMILES string of the molecule is CC(=O)OCCN(CCC#N)c1ccccc1. The first-order chi connectivity index (χ1) is 8.24. The van der Waals surface area contributed by atoms with Gasteiger partial charge in [-0.25, -0.2) is 0 Å². The third-order valence-corrected chi connectivity index (χ3v) is 2.28. The van der Waals surface area contributed by atoms with Crippen molar-refractivity contribution in [1.82, 2.24) is 0 Å². The Morgan fingerprint density at radius 2 is 2.06 bits per heavy atom. The predicted molar refractivity (Wildman–Crippen MR) is 65.5 cm³/mol. The second kappa shape index (κ2) is 7.29. The van der Waals surface area contributed by atoms with Crippen LogP contribution in [0, 0.1) is 11.3 Å². The summed E-state index contributed by atoms with van der Waals surface area (Å²) in [6.45, 7) is 2.98. The van der Waals surface area contributed by atoms with Crippen molar-refractivity contribution in [1.29, 1.82) is 5.26 Å². The van der Waals surface area contributed by atoms with Crippen molar-refractivity contribution in [3.8, 4) is 6.07 Å². The number of carbonyl (C=O) groups is 1. The van der Waals surface area contributed by atoms with E-state index in [9.17, 15) is 4.79 Å². The lowest BCUT2D eigenvalue weighted by atomic mass is 10.2. The van der Waals surface area contributed by atoms with Crippen molar-refractivity contribution in [3.63, 3.8) is 0 Å². The molecule has 0 aliphatic heterocycles. The molecule has 0 atom stereocenters. The van der Waals surface area contributed by atoms with Crippen LogP contribution in [0.25, 0.3) is 0 Å². The summed E-state index contributed by atoms with van der Waals surface area (Å²) in [7, 11) is 0. The Morgan fingerprint density at radius 3 is 2.65 bits per heavy atom. The first-order valence-electron chi connectivity index (χ1n) is 5.54. The number of esters is 1. The normalized spacial score (nSPS) is 9.41. The number of ether oxygens (including phenoxy) is 1. The molecule has 0 radical (unpaired) electrons. The standard InChI is InChI=1S/C13H16N2O2/c1-12(16)17-11-10-15(9-5-8-14)13-6-3-2-4-7-13/h2-4,6-7H,5,9-11H2,1H3. The summed E-state index contributed by atoms with van der Waals surface area (Å²) in [4.78, 5) is 12.7. The number of rotatable bonds is 6. The van der Waals surface area contributed by atoms with E-state index < -0.39 is 0 Å². The molecule has 0 N–H and O–H groups in total. The zero-order valence-corrected chi connectivity index (χ0v) is 9.93. The summed E-state index contributed by atoms with van der Waals surface area (Å²) in [6, 6.07) is 11.9. The minimum atomic E-state index is -0.279. The van der Waals surface area contributed by atoms with Crippen molar-refractivity contribution in [2.45, 2.75) is 13.3 Å². The molecule has 0 aromatic heterocycles. The van der Waals surface area contributed by atoms with Crippen LogP contribution in [0.3, 0.4) is 0 Å². The van der Waals surface area contributed by atoms with Gasteiger partial charge in [-0.1, -0.05) is 18.2 Å². The van der Waals surface area contributed by atoms with Gasteiger partial charge >= 0.3 is 5.97 Å². The molecule has 17 heavy (non-hydrogen) atoms. The highest BCUT2D eigenvalue weighted by molar-refractivity contribution is 5.65. The maximum Gasteiger partial charge on any atom is 0.302 e. The smallest absolute Gasteiger partial charge is 0.302 e. The average molecular weight is 232 g/mol. The Morgan fingerprint density at radius 1 is 1.35 bits per heavy atom. The van der Waals surface area contributed by atoms with Gasteiger partial charge in [-0.15, -0.1) is 0 Å². The van der Waals surface area contributed by atoms with Gasteiger partial charge in [0.05, 0.1) is 19.0 Å². The molecule has 0 saturated heterocycles. The predicted octanol–water partition coefficient (Wildman–Crippen LogP) is 1.97. The van der Waals surface area contributed by atoms with E-state index in [2.05, 4.69) is 6.07 Å². The maximum absolute atomic E-state index is 10.7. The Hall–Kier alpha value is -2.02. The number of nitriles is 1. The highest BCUT2D eigenvalue weighted by Crippen LogP contribution is 2.13. The van der Waals surface area contributed by atoms with E-state index in [1.54, 1.807) is 0 Å². The van der Waals surface area contributed by atoms with Crippen LogP contribution in [0.2, 0.25) is 0 Å². The third kappa shape index (κ3) is 5.03. The number of para-hydroxylation sites is 1. The number of hydrogen-bond donors (Lipinski definition) is 0. The summed E-state index contributed by atoms with van der Waals surface area (Å²) in [6.07, 6.45) is 0.453. The summed E-state index contributed by atoms with van der Waals surface area (Å²) in [5.41, 5.74) is 1.04. The van der Waals surface area contributed by atoms with E-state index in [-0.39, 0.29) is 5.97 Å². The minimum absolute atomic E-state index is 0.279. The molecule has 0 aliphatic carbocycles. The second-order valence-electron chi connectivity index (χ2n) is 3.57. The Balaban J connectivity index is 2.55. The van der Waals surface area contributed by atoms with Crippen molar-refractivity contribution < 1.29 is 9.53 Å². The summed E-state index contributed by atoms with van der Waals surface area (Å²) < 4.78 is 4.91. The number of benzene rings is 1. The molecule has 1 aromatic carbocycles. The van der Waals surface area contributed by atoms with Gasteiger partial charge < -0.3 is 9.64 Å². The molecule has 0 heterocycles. The van der Waals surface area contributed by atoms with E-state index in [4.69, 9.17) is 10.00 Å². The lowest BCUT2D eigenvalue weighted by Gasteiger charge is -2.23. The van der Waals surface area contributed by atoms with Crippen LogP contribution >= 0.6 is 0 Å². The molecule has 0 bridgehead atoms. The number of nitrogens with zero attached hydrogens (tertiary/aromatic N) is 2. The summed E-state index contributed by atoms with van der Waals surface area (Å²) >= 11 is 0. The molecule has 0 fully saturated rings. The summed E-state index contributed by atoms with van der Waals surface area (Å²) in [5.74, 6) is -0.279. The molecular weight excluding hydrogens is 216 g/mol. The van der Waals surface area contributed by atoms with Gasteiger partial charge in [0.25, 0.3) is 0 Å². The fourth-order valence-corrected chi connectivity index (χ4v) is 1.49.